The lowest BCUT2D eigenvalue weighted by Gasteiger charge is -2.33. The molecule has 2 aromatic heterocycles. The molecule has 0 N–H and O–H groups in total. The van der Waals surface area contributed by atoms with E-state index in [-0.39, 0.29) is 5.41 Å². The van der Waals surface area contributed by atoms with Crippen molar-refractivity contribution < 1.29 is 4.42 Å². The van der Waals surface area contributed by atoms with Crippen LogP contribution in [0.15, 0.2) is 192 Å². The summed E-state index contributed by atoms with van der Waals surface area (Å²) in [5.74, 6) is 0. The van der Waals surface area contributed by atoms with E-state index in [2.05, 4.69) is 207 Å². The van der Waals surface area contributed by atoms with Crippen LogP contribution >= 0.6 is 11.3 Å². The van der Waals surface area contributed by atoms with Crippen LogP contribution < -0.4 is 4.90 Å². The number of fused-ring (bicyclic) bond motifs is 10. The summed E-state index contributed by atoms with van der Waals surface area (Å²) in [4.78, 5) is 2.50. The van der Waals surface area contributed by atoms with Crippen molar-refractivity contribution in [1.82, 2.24) is 0 Å². The minimum Gasteiger partial charge on any atom is -0.456 e. The number of para-hydroxylation sites is 1. The van der Waals surface area contributed by atoms with Crippen LogP contribution in [0.25, 0.3) is 86.3 Å². The first-order chi connectivity index (χ1) is 28.5. The highest BCUT2D eigenvalue weighted by Gasteiger charge is 2.39. The molecule has 0 aliphatic heterocycles. The van der Waals surface area contributed by atoms with Crippen LogP contribution in [0.1, 0.15) is 25.0 Å². The number of rotatable bonds is 5. The van der Waals surface area contributed by atoms with Crippen molar-refractivity contribution in [2.75, 3.05) is 4.90 Å². The van der Waals surface area contributed by atoms with Crippen LogP contribution in [-0.4, -0.2) is 0 Å². The average Bonchev–Trinajstić information content (AvgIpc) is 3.90. The summed E-state index contributed by atoms with van der Waals surface area (Å²) in [5.41, 5.74) is 15.1. The molecule has 3 heteroatoms. The van der Waals surface area contributed by atoms with Gasteiger partial charge in [0.05, 0.1) is 11.4 Å². The molecule has 2 nitrogen and oxygen atoms in total. The number of benzene rings is 9. The highest BCUT2D eigenvalue weighted by molar-refractivity contribution is 7.26. The molecule has 0 amide bonds. The van der Waals surface area contributed by atoms with Crippen LogP contribution in [0.5, 0.6) is 0 Å². The summed E-state index contributed by atoms with van der Waals surface area (Å²) < 4.78 is 9.10. The van der Waals surface area contributed by atoms with Crippen LogP contribution in [0, 0.1) is 0 Å². The second-order valence-corrected chi connectivity index (χ2v) is 17.1. The highest BCUT2D eigenvalue weighted by atomic mass is 32.1. The number of anilines is 3. The Kier molecular flexibility index (Phi) is 7.18. The van der Waals surface area contributed by atoms with E-state index in [4.69, 9.17) is 4.42 Å². The molecule has 0 atom stereocenters. The Morgan fingerprint density at radius 3 is 1.97 bits per heavy atom. The molecule has 12 rings (SSSR count). The van der Waals surface area contributed by atoms with E-state index in [1.54, 1.807) is 0 Å². The van der Waals surface area contributed by atoms with Gasteiger partial charge in [-0.25, -0.2) is 0 Å². The van der Waals surface area contributed by atoms with Gasteiger partial charge in [-0.3, -0.25) is 0 Å². The number of hydrogen-bond acceptors (Lipinski definition) is 3. The zero-order valence-electron chi connectivity index (χ0n) is 32.2. The van der Waals surface area contributed by atoms with E-state index < -0.39 is 0 Å². The number of thiophene rings is 1. The van der Waals surface area contributed by atoms with Crippen LogP contribution in [0.4, 0.5) is 17.1 Å². The first kappa shape index (κ1) is 33.2. The summed E-state index contributed by atoms with van der Waals surface area (Å²) in [7, 11) is 0. The molecule has 0 spiro atoms. The van der Waals surface area contributed by atoms with Crippen molar-refractivity contribution in [2.24, 2.45) is 0 Å². The highest BCUT2D eigenvalue weighted by Crippen LogP contribution is 2.55. The largest absolute Gasteiger partial charge is 0.456 e. The fourth-order valence-corrected chi connectivity index (χ4v) is 11.0. The molecule has 0 saturated heterocycles. The first-order valence-corrected chi connectivity index (χ1v) is 20.8. The molecule has 0 bridgehead atoms. The van der Waals surface area contributed by atoms with Crippen molar-refractivity contribution in [3.63, 3.8) is 0 Å². The Hall–Kier alpha value is -6.94. The van der Waals surface area contributed by atoms with Crippen LogP contribution in [0.2, 0.25) is 0 Å². The van der Waals surface area contributed by atoms with Gasteiger partial charge >= 0.3 is 0 Å². The summed E-state index contributed by atoms with van der Waals surface area (Å²) in [6.07, 6.45) is 0. The zero-order valence-corrected chi connectivity index (χ0v) is 33.0. The summed E-state index contributed by atoms with van der Waals surface area (Å²) in [6, 6.07) is 68.9. The lowest BCUT2D eigenvalue weighted by molar-refractivity contribution is 0.661. The van der Waals surface area contributed by atoms with Gasteiger partial charge in [-0.2, -0.15) is 0 Å². The van der Waals surface area contributed by atoms with E-state index >= 15 is 0 Å². The van der Waals surface area contributed by atoms with E-state index in [0.29, 0.717) is 0 Å². The van der Waals surface area contributed by atoms with Crippen molar-refractivity contribution >= 4 is 81.3 Å². The molecule has 2 heterocycles. The van der Waals surface area contributed by atoms with Gasteiger partial charge < -0.3 is 9.32 Å². The maximum Gasteiger partial charge on any atom is 0.136 e. The fourth-order valence-electron chi connectivity index (χ4n) is 9.72. The molecule has 9 aromatic carbocycles. The van der Waals surface area contributed by atoms with Gasteiger partial charge in [0, 0.05) is 47.6 Å². The Bertz CT molecular complexity index is 3440. The minimum atomic E-state index is -0.204. The lowest BCUT2D eigenvalue weighted by atomic mass is 9.81. The molecule has 0 fully saturated rings. The molecule has 0 radical (unpaired) electrons. The van der Waals surface area contributed by atoms with E-state index in [1.165, 1.54) is 70.0 Å². The predicted molar refractivity (Wildman–Crippen MR) is 247 cm³/mol. The van der Waals surface area contributed by atoms with E-state index in [0.717, 1.165) is 44.4 Å². The maximum absolute atomic E-state index is 6.45. The van der Waals surface area contributed by atoms with Crippen LogP contribution in [-0.2, 0) is 5.41 Å². The van der Waals surface area contributed by atoms with Crippen molar-refractivity contribution in [1.29, 1.82) is 0 Å². The van der Waals surface area contributed by atoms with Crippen molar-refractivity contribution in [3.05, 3.63) is 199 Å². The fraction of sp³-hybridized carbons (Fsp3) is 0.0545. The smallest absolute Gasteiger partial charge is 0.136 e. The first-order valence-electron chi connectivity index (χ1n) is 20.0. The summed E-state index contributed by atoms with van der Waals surface area (Å²) in [6.45, 7) is 4.75. The predicted octanol–water partition coefficient (Wildman–Crippen LogP) is 16.2. The van der Waals surface area contributed by atoms with Gasteiger partial charge in [0.1, 0.15) is 11.2 Å². The second-order valence-electron chi connectivity index (χ2n) is 16.1. The zero-order chi connectivity index (χ0) is 38.5. The normalized spacial score (nSPS) is 13.1. The topological polar surface area (TPSA) is 16.4 Å². The standard InChI is InChI=1S/C55H37NOS/c1-55(2)47-21-8-5-16-41(47)43-19-12-23-49(53(43)55)56(38-28-25-34(26-29-38)40-18-11-20-44-42-17-7-10-24-52(42)58-54(40)44)48-22-9-6-15-39(48)37-27-30-50-45(32-37)46-31-35-13-3-4-14-36(35)33-51(46)57-50/h3-33H,1-2H3. The van der Waals surface area contributed by atoms with Crippen LogP contribution in [0.3, 0.4) is 0 Å². The molecular weight excluding hydrogens is 723 g/mol. The molecule has 1 aliphatic rings. The Morgan fingerprint density at radius 2 is 1.09 bits per heavy atom. The number of nitrogens with zero attached hydrogens (tertiary/aromatic N) is 1. The van der Waals surface area contributed by atoms with Crippen molar-refractivity contribution in [2.45, 2.75) is 19.3 Å². The maximum atomic E-state index is 6.45. The molecule has 0 unspecified atom stereocenters. The Morgan fingerprint density at radius 1 is 0.448 bits per heavy atom. The summed E-state index contributed by atoms with van der Waals surface area (Å²) in [5, 5.41) is 7.28. The Labute approximate surface area is 340 Å². The van der Waals surface area contributed by atoms with Crippen molar-refractivity contribution in [3.8, 4) is 33.4 Å². The third kappa shape index (κ3) is 4.90. The van der Waals surface area contributed by atoms with Gasteiger partial charge in [-0.1, -0.05) is 147 Å². The monoisotopic (exact) mass is 759 g/mol. The van der Waals surface area contributed by atoms with Gasteiger partial charge in [0.25, 0.3) is 0 Å². The number of hydrogen-bond donors (Lipinski definition) is 0. The molecule has 0 saturated carbocycles. The van der Waals surface area contributed by atoms with E-state index in [1.807, 2.05) is 11.3 Å². The minimum absolute atomic E-state index is 0.204. The quantitative estimate of drug-likeness (QED) is 0.174. The third-order valence-corrected chi connectivity index (χ3v) is 13.7. The second kappa shape index (κ2) is 12.5. The number of furan rings is 1. The molecule has 274 valence electrons. The third-order valence-electron chi connectivity index (χ3n) is 12.4. The van der Waals surface area contributed by atoms with Gasteiger partial charge in [-0.15, -0.1) is 11.3 Å². The van der Waals surface area contributed by atoms with Gasteiger partial charge in [0.15, 0.2) is 0 Å². The molecular formula is C55H37NOS. The van der Waals surface area contributed by atoms with Gasteiger partial charge in [0.2, 0.25) is 0 Å². The molecule has 11 aromatic rings. The lowest BCUT2D eigenvalue weighted by Crippen LogP contribution is -2.21. The average molecular weight is 760 g/mol. The molecule has 58 heavy (non-hydrogen) atoms. The Balaban J connectivity index is 1.06. The van der Waals surface area contributed by atoms with E-state index in [9.17, 15) is 0 Å². The van der Waals surface area contributed by atoms with Gasteiger partial charge in [-0.05, 0) is 104 Å². The molecule has 1 aliphatic carbocycles. The SMILES string of the molecule is CC1(C)c2ccccc2-c2cccc(N(c3ccc(-c4cccc5c4sc4ccccc45)cc3)c3ccccc3-c3ccc4oc5cc6ccccc6cc5c4c3)c21. The summed E-state index contributed by atoms with van der Waals surface area (Å²) >= 11 is 1.88.